The van der Waals surface area contributed by atoms with Crippen LogP contribution in [0, 0.1) is 0 Å². The summed E-state index contributed by atoms with van der Waals surface area (Å²) in [6.45, 7) is 6.76. The van der Waals surface area contributed by atoms with Gasteiger partial charge in [-0.05, 0) is 31.0 Å². The molecule has 7 nitrogen and oxygen atoms in total. The lowest BCUT2D eigenvalue weighted by Crippen LogP contribution is -2.51. The lowest BCUT2D eigenvalue weighted by atomic mass is 10.1. The normalized spacial score (nSPS) is 19.2. The maximum atomic E-state index is 12.9. The molecule has 0 saturated carbocycles. The number of amides is 2. The number of carbonyl (C=O) groups is 2. The fraction of sp³-hybridized carbons (Fsp3) is 0.520. The van der Waals surface area contributed by atoms with Crippen molar-refractivity contribution in [2.75, 3.05) is 39.3 Å². The minimum atomic E-state index is -0.108. The Kier molecular flexibility index (Phi) is 7.47. The Labute approximate surface area is 189 Å². The number of nitrogens with zero attached hydrogens (tertiary/aromatic N) is 3. The van der Waals surface area contributed by atoms with Crippen molar-refractivity contribution in [3.8, 4) is 5.75 Å². The van der Waals surface area contributed by atoms with Crippen LogP contribution < -0.4 is 4.74 Å². The molecule has 0 aliphatic carbocycles. The molecule has 172 valence electrons. The number of hydrogen-bond acceptors (Lipinski definition) is 5. The summed E-state index contributed by atoms with van der Waals surface area (Å²) in [6, 6.07) is 11.6. The monoisotopic (exact) mass is 439 g/mol. The van der Waals surface area contributed by atoms with Gasteiger partial charge in [-0.3, -0.25) is 14.5 Å². The van der Waals surface area contributed by atoms with E-state index < -0.39 is 0 Å². The number of hydrogen-bond donors (Lipinski definition) is 0. The van der Waals surface area contributed by atoms with Gasteiger partial charge in [-0.1, -0.05) is 31.5 Å². The molecule has 2 aromatic rings. The molecule has 1 aromatic carbocycles. The third-order valence-electron chi connectivity index (χ3n) is 6.30. The minimum Gasteiger partial charge on any atom is -0.489 e. The summed E-state index contributed by atoms with van der Waals surface area (Å²) >= 11 is 0. The second-order valence-corrected chi connectivity index (χ2v) is 8.63. The Morgan fingerprint density at radius 1 is 1.03 bits per heavy atom. The summed E-state index contributed by atoms with van der Waals surface area (Å²) in [5.74, 6) is 1.37. The van der Waals surface area contributed by atoms with E-state index in [2.05, 4.69) is 17.9 Å². The summed E-state index contributed by atoms with van der Waals surface area (Å²) in [5.41, 5.74) is 1.18. The number of furan rings is 1. The average Bonchev–Trinajstić information content (AvgIpc) is 3.30. The number of rotatable bonds is 7. The predicted octanol–water partition coefficient (Wildman–Crippen LogP) is 3.41. The third kappa shape index (κ3) is 5.51. The van der Waals surface area contributed by atoms with E-state index >= 15 is 0 Å². The number of carbonyl (C=O) groups excluding carboxylic acids is 2. The molecule has 1 saturated heterocycles. The van der Waals surface area contributed by atoms with Crippen molar-refractivity contribution >= 4 is 11.8 Å². The second-order valence-electron chi connectivity index (χ2n) is 8.63. The van der Waals surface area contributed by atoms with Crippen LogP contribution in [-0.4, -0.2) is 71.9 Å². The fourth-order valence-corrected chi connectivity index (χ4v) is 4.44. The highest BCUT2D eigenvalue weighted by Gasteiger charge is 2.27. The largest absolute Gasteiger partial charge is 0.489 e. The quantitative estimate of drug-likeness (QED) is 0.662. The SMILES string of the molecule is CCCCC1CN(CCC(=O)N2CCN(C(=O)c3ccco3)CC2)Cc2ccccc2O1. The topological polar surface area (TPSA) is 66.2 Å². The molecule has 1 aromatic heterocycles. The Hall–Kier alpha value is -2.80. The summed E-state index contributed by atoms with van der Waals surface area (Å²) in [6.07, 6.45) is 5.46. The van der Waals surface area contributed by atoms with Gasteiger partial charge in [-0.25, -0.2) is 0 Å². The second kappa shape index (κ2) is 10.7. The lowest BCUT2D eigenvalue weighted by molar-refractivity contribution is -0.133. The van der Waals surface area contributed by atoms with Crippen molar-refractivity contribution in [2.24, 2.45) is 0 Å². The molecular weight excluding hydrogens is 406 g/mol. The molecular formula is C25H33N3O4. The van der Waals surface area contributed by atoms with Crippen LogP contribution in [0.1, 0.15) is 48.7 Å². The number of benzene rings is 1. The van der Waals surface area contributed by atoms with Crippen molar-refractivity contribution in [1.82, 2.24) is 14.7 Å². The zero-order valence-corrected chi connectivity index (χ0v) is 18.9. The van der Waals surface area contributed by atoms with Crippen molar-refractivity contribution < 1.29 is 18.7 Å². The summed E-state index contributed by atoms with van der Waals surface area (Å²) < 4.78 is 11.5. The molecule has 1 atom stereocenters. The zero-order chi connectivity index (χ0) is 22.3. The van der Waals surface area contributed by atoms with E-state index in [-0.39, 0.29) is 17.9 Å². The first-order valence-corrected chi connectivity index (χ1v) is 11.7. The molecule has 0 bridgehead atoms. The fourth-order valence-electron chi connectivity index (χ4n) is 4.44. The van der Waals surface area contributed by atoms with E-state index in [0.717, 1.165) is 38.1 Å². The minimum absolute atomic E-state index is 0.108. The van der Waals surface area contributed by atoms with Gasteiger partial charge in [0, 0.05) is 57.8 Å². The number of para-hydroxylation sites is 1. The standard InChI is InChI=1S/C25H33N3O4/c1-2-3-8-21-19-26(18-20-7-4-5-9-22(20)32-21)12-11-24(29)27-13-15-28(16-14-27)25(30)23-10-6-17-31-23/h4-7,9-10,17,21H,2-3,8,11-16,18-19H2,1H3. The van der Waals surface area contributed by atoms with E-state index in [0.29, 0.717) is 44.9 Å². The summed E-state index contributed by atoms with van der Waals surface area (Å²) in [4.78, 5) is 31.3. The molecule has 1 fully saturated rings. The van der Waals surface area contributed by atoms with Crippen LogP contribution in [0.4, 0.5) is 0 Å². The third-order valence-corrected chi connectivity index (χ3v) is 6.30. The number of piperazine rings is 1. The molecule has 2 aliphatic rings. The highest BCUT2D eigenvalue weighted by molar-refractivity contribution is 5.91. The first-order chi connectivity index (χ1) is 15.6. The molecule has 0 N–H and O–H groups in total. The molecule has 1 unspecified atom stereocenters. The maximum absolute atomic E-state index is 12.9. The number of fused-ring (bicyclic) bond motifs is 1. The number of unbranched alkanes of at least 4 members (excludes halogenated alkanes) is 1. The van der Waals surface area contributed by atoms with Crippen LogP contribution in [0.25, 0.3) is 0 Å². The lowest BCUT2D eigenvalue weighted by Gasteiger charge is -2.34. The number of ether oxygens (including phenoxy) is 1. The van der Waals surface area contributed by atoms with Gasteiger partial charge in [0.25, 0.3) is 5.91 Å². The van der Waals surface area contributed by atoms with Gasteiger partial charge >= 0.3 is 0 Å². The highest BCUT2D eigenvalue weighted by Crippen LogP contribution is 2.26. The molecule has 2 aliphatic heterocycles. The zero-order valence-electron chi connectivity index (χ0n) is 18.9. The van der Waals surface area contributed by atoms with Crippen LogP contribution in [0.3, 0.4) is 0 Å². The van der Waals surface area contributed by atoms with E-state index in [1.165, 1.54) is 11.8 Å². The van der Waals surface area contributed by atoms with Gasteiger partial charge in [-0.2, -0.15) is 0 Å². The first kappa shape index (κ1) is 22.4. The van der Waals surface area contributed by atoms with Gasteiger partial charge < -0.3 is 19.0 Å². The van der Waals surface area contributed by atoms with Crippen LogP contribution in [0.5, 0.6) is 5.75 Å². The average molecular weight is 440 g/mol. The molecule has 7 heteroatoms. The molecule has 32 heavy (non-hydrogen) atoms. The molecule has 4 rings (SSSR count). The van der Waals surface area contributed by atoms with Crippen molar-refractivity contribution in [3.05, 3.63) is 54.0 Å². The highest BCUT2D eigenvalue weighted by atomic mass is 16.5. The van der Waals surface area contributed by atoms with Crippen LogP contribution >= 0.6 is 0 Å². The molecule has 2 amide bonds. The Bertz CT molecular complexity index is 890. The van der Waals surface area contributed by atoms with Crippen LogP contribution in [0.2, 0.25) is 0 Å². The summed E-state index contributed by atoms with van der Waals surface area (Å²) in [5, 5.41) is 0. The van der Waals surface area contributed by atoms with E-state index in [9.17, 15) is 9.59 Å². The molecule has 0 spiro atoms. The Morgan fingerprint density at radius 3 is 2.56 bits per heavy atom. The van der Waals surface area contributed by atoms with Crippen molar-refractivity contribution in [1.29, 1.82) is 0 Å². The van der Waals surface area contributed by atoms with Crippen molar-refractivity contribution in [2.45, 2.75) is 45.3 Å². The van der Waals surface area contributed by atoms with E-state index in [4.69, 9.17) is 9.15 Å². The first-order valence-electron chi connectivity index (χ1n) is 11.7. The maximum Gasteiger partial charge on any atom is 0.289 e. The Morgan fingerprint density at radius 2 is 1.81 bits per heavy atom. The van der Waals surface area contributed by atoms with Gasteiger partial charge in [0.05, 0.1) is 6.26 Å². The van der Waals surface area contributed by atoms with E-state index in [1.807, 2.05) is 23.1 Å². The predicted molar refractivity (Wildman–Crippen MR) is 121 cm³/mol. The van der Waals surface area contributed by atoms with Crippen LogP contribution in [0.15, 0.2) is 47.1 Å². The van der Waals surface area contributed by atoms with Gasteiger partial charge in [-0.15, -0.1) is 0 Å². The summed E-state index contributed by atoms with van der Waals surface area (Å²) in [7, 11) is 0. The smallest absolute Gasteiger partial charge is 0.289 e. The molecule has 3 heterocycles. The van der Waals surface area contributed by atoms with Crippen molar-refractivity contribution in [3.63, 3.8) is 0 Å². The van der Waals surface area contributed by atoms with Gasteiger partial charge in [0.2, 0.25) is 5.91 Å². The van der Waals surface area contributed by atoms with Gasteiger partial charge in [0.15, 0.2) is 5.76 Å². The van der Waals surface area contributed by atoms with E-state index in [1.54, 1.807) is 17.0 Å². The molecule has 0 radical (unpaired) electrons. The Balaban J connectivity index is 1.29. The van der Waals surface area contributed by atoms with Gasteiger partial charge in [0.1, 0.15) is 11.9 Å². The van der Waals surface area contributed by atoms with Crippen LogP contribution in [-0.2, 0) is 11.3 Å².